The fraction of sp³-hybridized carbons (Fsp3) is 0.571. The predicted octanol–water partition coefficient (Wildman–Crippen LogP) is -1.17. The van der Waals surface area contributed by atoms with Gasteiger partial charge in [0.2, 0.25) is 0 Å². The molecule has 0 radical (unpaired) electrons. The maximum absolute atomic E-state index is 11.9. The fourth-order valence-corrected chi connectivity index (χ4v) is 4.24. The summed E-state index contributed by atoms with van der Waals surface area (Å²) in [6.45, 7) is 0.00731. The van der Waals surface area contributed by atoms with Gasteiger partial charge in [0, 0.05) is 13.1 Å². The maximum Gasteiger partial charge on any atom is 0.260 e. The zero-order chi connectivity index (χ0) is 11.8. The van der Waals surface area contributed by atoms with E-state index in [-0.39, 0.29) is 29.6 Å². The molecule has 0 aromatic carbocycles. The van der Waals surface area contributed by atoms with Crippen LogP contribution in [0.1, 0.15) is 0 Å². The molecule has 1 N–H and O–H groups in total. The van der Waals surface area contributed by atoms with Gasteiger partial charge in [0.05, 0.1) is 17.7 Å². The van der Waals surface area contributed by atoms with Crippen LogP contribution in [0.15, 0.2) is 17.3 Å². The standard InChI is InChI=1S/C7H11N3O4S2/c11-15(12)5-3-10(4-6-15)16(13,14)7-1-2-8-9-7/h1-2H,3-6H2,(H,8,9). The van der Waals surface area contributed by atoms with Gasteiger partial charge in [-0.2, -0.15) is 9.40 Å². The van der Waals surface area contributed by atoms with Gasteiger partial charge in [0.15, 0.2) is 14.9 Å². The molecule has 1 saturated heterocycles. The van der Waals surface area contributed by atoms with Gasteiger partial charge in [0.1, 0.15) is 0 Å². The summed E-state index contributed by atoms with van der Waals surface area (Å²) in [6.07, 6.45) is 1.34. The van der Waals surface area contributed by atoms with Gasteiger partial charge in [-0.3, -0.25) is 5.10 Å². The molecule has 9 heteroatoms. The molecule has 16 heavy (non-hydrogen) atoms. The van der Waals surface area contributed by atoms with Crippen LogP contribution in [0.5, 0.6) is 0 Å². The third kappa shape index (κ3) is 2.11. The van der Waals surface area contributed by atoms with Crippen LogP contribution < -0.4 is 0 Å². The highest BCUT2D eigenvalue weighted by Crippen LogP contribution is 2.15. The molecule has 2 heterocycles. The lowest BCUT2D eigenvalue weighted by molar-refractivity contribution is 0.428. The molecule has 1 aromatic heterocycles. The van der Waals surface area contributed by atoms with Gasteiger partial charge in [-0.15, -0.1) is 0 Å². The van der Waals surface area contributed by atoms with E-state index in [2.05, 4.69) is 10.2 Å². The number of nitrogens with one attached hydrogen (secondary N) is 1. The monoisotopic (exact) mass is 265 g/mol. The SMILES string of the molecule is O=S1(=O)CCN(S(=O)(=O)c2ccn[nH]2)CC1. The molecule has 0 bridgehead atoms. The Kier molecular flexibility index (Phi) is 2.76. The van der Waals surface area contributed by atoms with Gasteiger partial charge in [0.25, 0.3) is 10.0 Å². The van der Waals surface area contributed by atoms with Crippen molar-refractivity contribution in [3.8, 4) is 0 Å². The highest BCUT2D eigenvalue weighted by atomic mass is 32.2. The van der Waals surface area contributed by atoms with Crippen molar-refractivity contribution in [2.45, 2.75) is 5.03 Å². The average molecular weight is 265 g/mol. The highest BCUT2D eigenvalue weighted by molar-refractivity contribution is 7.92. The number of rotatable bonds is 2. The van der Waals surface area contributed by atoms with E-state index in [1.807, 2.05) is 0 Å². The van der Waals surface area contributed by atoms with Gasteiger partial charge < -0.3 is 0 Å². The smallest absolute Gasteiger partial charge is 0.260 e. The number of nitrogens with zero attached hydrogens (tertiary/aromatic N) is 2. The minimum absolute atomic E-state index is 0.00366. The summed E-state index contributed by atoms with van der Waals surface area (Å²) in [5.74, 6) is -0.249. The fourth-order valence-electron chi connectivity index (χ4n) is 1.46. The first-order chi connectivity index (χ1) is 7.42. The number of sulfone groups is 1. The second-order valence-corrected chi connectivity index (χ2v) is 7.69. The molecule has 0 aliphatic carbocycles. The van der Waals surface area contributed by atoms with Gasteiger partial charge in [-0.25, -0.2) is 16.8 Å². The van der Waals surface area contributed by atoms with Crippen molar-refractivity contribution in [3.05, 3.63) is 12.3 Å². The van der Waals surface area contributed by atoms with Crippen LogP contribution >= 0.6 is 0 Å². The van der Waals surface area contributed by atoms with Crippen molar-refractivity contribution in [3.63, 3.8) is 0 Å². The molecule has 7 nitrogen and oxygen atoms in total. The van der Waals surface area contributed by atoms with Crippen LogP contribution in [0, 0.1) is 0 Å². The molecule has 90 valence electrons. The zero-order valence-corrected chi connectivity index (χ0v) is 9.96. The summed E-state index contributed by atoms with van der Waals surface area (Å²) in [5.41, 5.74) is 0. The first-order valence-electron chi connectivity index (χ1n) is 4.62. The average Bonchev–Trinajstić information content (AvgIpc) is 2.70. The Morgan fingerprint density at radius 3 is 2.44 bits per heavy atom. The van der Waals surface area contributed by atoms with Crippen molar-refractivity contribution in [2.24, 2.45) is 0 Å². The summed E-state index contributed by atoms with van der Waals surface area (Å²) in [5, 5.41) is 5.92. The molecule has 1 fully saturated rings. The normalized spacial score (nSPS) is 22.0. The Labute approximate surface area is 93.4 Å². The Balaban J connectivity index is 2.22. The van der Waals surface area contributed by atoms with E-state index in [9.17, 15) is 16.8 Å². The lowest BCUT2D eigenvalue weighted by Crippen LogP contribution is -2.43. The van der Waals surface area contributed by atoms with Crippen molar-refractivity contribution < 1.29 is 16.8 Å². The molecule has 1 aliphatic heterocycles. The van der Waals surface area contributed by atoms with E-state index in [4.69, 9.17) is 0 Å². The molecule has 2 rings (SSSR count). The molecule has 1 aromatic rings. The van der Waals surface area contributed by atoms with Crippen molar-refractivity contribution in [1.29, 1.82) is 0 Å². The Morgan fingerprint density at radius 1 is 1.31 bits per heavy atom. The van der Waals surface area contributed by atoms with Gasteiger partial charge in [-0.05, 0) is 6.07 Å². The topological polar surface area (TPSA) is 100 Å². The molecule has 0 atom stereocenters. The first-order valence-corrected chi connectivity index (χ1v) is 7.88. The predicted molar refractivity (Wildman–Crippen MR) is 56.0 cm³/mol. The van der Waals surface area contributed by atoms with E-state index in [0.29, 0.717) is 0 Å². The molecular weight excluding hydrogens is 254 g/mol. The van der Waals surface area contributed by atoms with E-state index in [1.165, 1.54) is 12.3 Å². The molecule has 0 spiro atoms. The summed E-state index contributed by atoms with van der Waals surface area (Å²) >= 11 is 0. The first kappa shape index (κ1) is 11.6. The summed E-state index contributed by atoms with van der Waals surface area (Å²) in [6, 6.07) is 1.35. The Morgan fingerprint density at radius 2 is 1.94 bits per heavy atom. The van der Waals surface area contributed by atoms with Crippen LogP contribution in [0.3, 0.4) is 0 Å². The largest absolute Gasteiger partial charge is 0.266 e. The van der Waals surface area contributed by atoms with Crippen LogP contribution in [-0.2, 0) is 19.9 Å². The molecule has 0 amide bonds. The van der Waals surface area contributed by atoms with Crippen molar-refractivity contribution in [1.82, 2.24) is 14.5 Å². The van der Waals surface area contributed by atoms with Crippen LogP contribution in [0.4, 0.5) is 0 Å². The quantitative estimate of drug-likeness (QED) is 0.726. The minimum Gasteiger partial charge on any atom is -0.266 e. The van der Waals surface area contributed by atoms with Gasteiger partial charge in [-0.1, -0.05) is 0 Å². The number of hydrogen-bond donors (Lipinski definition) is 1. The summed E-state index contributed by atoms with van der Waals surface area (Å²) in [7, 11) is -6.69. The number of aromatic nitrogens is 2. The summed E-state index contributed by atoms with van der Waals surface area (Å²) in [4.78, 5) is 0. The number of sulfonamides is 1. The lowest BCUT2D eigenvalue weighted by Gasteiger charge is -2.24. The van der Waals surface area contributed by atoms with E-state index < -0.39 is 19.9 Å². The van der Waals surface area contributed by atoms with E-state index >= 15 is 0 Å². The summed E-state index contributed by atoms with van der Waals surface area (Å²) < 4.78 is 47.3. The van der Waals surface area contributed by atoms with E-state index in [0.717, 1.165) is 4.31 Å². The maximum atomic E-state index is 11.9. The van der Waals surface area contributed by atoms with Crippen LogP contribution in [0.2, 0.25) is 0 Å². The van der Waals surface area contributed by atoms with Gasteiger partial charge >= 0.3 is 0 Å². The number of H-pyrrole nitrogens is 1. The van der Waals surface area contributed by atoms with E-state index in [1.54, 1.807) is 0 Å². The molecule has 0 saturated carbocycles. The number of aromatic amines is 1. The zero-order valence-electron chi connectivity index (χ0n) is 8.33. The second-order valence-electron chi connectivity index (χ2n) is 3.48. The third-order valence-corrected chi connectivity index (χ3v) is 5.83. The molecule has 1 aliphatic rings. The molecule has 0 unspecified atom stereocenters. The number of hydrogen-bond acceptors (Lipinski definition) is 5. The Hall–Kier alpha value is -0.930. The van der Waals surface area contributed by atoms with Crippen molar-refractivity contribution >= 4 is 19.9 Å². The van der Waals surface area contributed by atoms with Crippen LogP contribution in [-0.4, -0.2) is 55.9 Å². The highest BCUT2D eigenvalue weighted by Gasteiger charge is 2.31. The van der Waals surface area contributed by atoms with Crippen LogP contribution in [0.25, 0.3) is 0 Å². The minimum atomic E-state index is -3.62. The molecular formula is C7H11N3O4S2. The third-order valence-electron chi connectivity index (χ3n) is 2.40. The lowest BCUT2D eigenvalue weighted by atomic mass is 10.6. The Bertz CT molecular complexity index is 547. The van der Waals surface area contributed by atoms with Crippen molar-refractivity contribution in [2.75, 3.05) is 24.6 Å². The second kappa shape index (κ2) is 3.82.